The first-order chi connectivity index (χ1) is 7.59. The second-order valence-electron chi connectivity index (χ2n) is 4.38. The van der Waals surface area contributed by atoms with Gasteiger partial charge in [-0.2, -0.15) is 5.10 Å². The minimum absolute atomic E-state index is 0.547. The summed E-state index contributed by atoms with van der Waals surface area (Å²) in [7, 11) is 1.92. The van der Waals surface area contributed by atoms with E-state index in [-0.39, 0.29) is 0 Å². The summed E-state index contributed by atoms with van der Waals surface area (Å²) in [5.74, 6) is 0. The van der Waals surface area contributed by atoms with Crippen LogP contribution in [0.2, 0.25) is 0 Å². The second kappa shape index (κ2) is 6.01. The van der Waals surface area contributed by atoms with Crippen molar-refractivity contribution in [3.63, 3.8) is 0 Å². The third-order valence-electron chi connectivity index (χ3n) is 3.12. The Bertz CT molecular complexity index is 305. The van der Waals surface area contributed by atoms with Gasteiger partial charge in [0.25, 0.3) is 0 Å². The summed E-state index contributed by atoms with van der Waals surface area (Å²) in [6.45, 7) is 5.59. The molecule has 0 aliphatic rings. The summed E-state index contributed by atoms with van der Waals surface area (Å²) in [4.78, 5) is 0. The Kier molecular flexibility index (Phi) is 4.96. The van der Waals surface area contributed by atoms with E-state index in [0.29, 0.717) is 6.54 Å². The highest BCUT2D eigenvalue weighted by atomic mass is 16.3. The van der Waals surface area contributed by atoms with Gasteiger partial charge in [0.1, 0.15) is 0 Å². The van der Waals surface area contributed by atoms with Crippen LogP contribution in [0.25, 0.3) is 0 Å². The van der Waals surface area contributed by atoms with Crippen molar-refractivity contribution >= 4 is 0 Å². The molecule has 1 aromatic heterocycles. The lowest BCUT2D eigenvalue weighted by atomic mass is 9.97. The van der Waals surface area contributed by atoms with E-state index < -0.39 is 5.60 Å². The van der Waals surface area contributed by atoms with Crippen LogP contribution in [0.4, 0.5) is 0 Å². The zero-order valence-corrected chi connectivity index (χ0v) is 10.5. The first-order valence-corrected chi connectivity index (χ1v) is 6.00. The molecule has 0 bridgehead atoms. The summed E-state index contributed by atoms with van der Waals surface area (Å²) in [6.07, 6.45) is 6.45. The van der Waals surface area contributed by atoms with Gasteiger partial charge in [-0.05, 0) is 31.4 Å². The fourth-order valence-electron chi connectivity index (χ4n) is 1.65. The van der Waals surface area contributed by atoms with Gasteiger partial charge >= 0.3 is 0 Å². The molecule has 16 heavy (non-hydrogen) atoms. The molecule has 4 nitrogen and oxygen atoms in total. The monoisotopic (exact) mass is 225 g/mol. The fraction of sp³-hybridized carbons (Fsp3) is 0.750. The number of nitrogens with one attached hydrogen (secondary N) is 1. The van der Waals surface area contributed by atoms with Crippen molar-refractivity contribution in [2.75, 3.05) is 13.1 Å². The number of nitrogens with zero attached hydrogens (tertiary/aromatic N) is 2. The van der Waals surface area contributed by atoms with Crippen LogP contribution in [0.5, 0.6) is 0 Å². The SMILES string of the molecule is CCC(O)(CC)CNCCc1cnn(C)c1. The van der Waals surface area contributed by atoms with Crippen LogP contribution in [-0.2, 0) is 13.5 Å². The molecule has 0 aromatic carbocycles. The molecule has 1 aromatic rings. The predicted octanol–water partition coefficient (Wildman–Crippen LogP) is 1.10. The van der Waals surface area contributed by atoms with E-state index in [1.807, 2.05) is 38.0 Å². The average Bonchev–Trinajstić information content (AvgIpc) is 2.70. The molecule has 0 spiro atoms. The lowest BCUT2D eigenvalue weighted by Crippen LogP contribution is -2.40. The van der Waals surface area contributed by atoms with Crippen molar-refractivity contribution < 1.29 is 5.11 Å². The Balaban J connectivity index is 2.21. The predicted molar refractivity (Wildman–Crippen MR) is 65.3 cm³/mol. The third-order valence-corrected chi connectivity index (χ3v) is 3.12. The van der Waals surface area contributed by atoms with Crippen molar-refractivity contribution in [3.05, 3.63) is 18.0 Å². The minimum Gasteiger partial charge on any atom is -0.389 e. The van der Waals surface area contributed by atoms with E-state index in [4.69, 9.17) is 0 Å². The van der Waals surface area contributed by atoms with E-state index in [2.05, 4.69) is 10.4 Å². The molecule has 0 atom stereocenters. The average molecular weight is 225 g/mol. The minimum atomic E-state index is -0.547. The zero-order chi connectivity index (χ0) is 12.0. The maximum atomic E-state index is 10.1. The molecular formula is C12H23N3O. The Hall–Kier alpha value is -0.870. The molecule has 0 saturated carbocycles. The Morgan fingerprint density at radius 3 is 2.62 bits per heavy atom. The van der Waals surface area contributed by atoms with E-state index >= 15 is 0 Å². The highest BCUT2D eigenvalue weighted by Crippen LogP contribution is 2.12. The van der Waals surface area contributed by atoms with Gasteiger partial charge in [-0.15, -0.1) is 0 Å². The normalized spacial score (nSPS) is 12.0. The molecule has 1 rings (SSSR count). The molecule has 0 unspecified atom stereocenters. The molecule has 0 fully saturated rings. The second-order valence-corrected chi connectivity index (χ2v) is 4.38. The van der Waals surface area contributed by atoms with Crippen LogP contribution in [0.1, 0.15) is 32.3 Å². The van der Waals surface area contributed by atoms with Crippen LogP contribution < -0.4 is 5.32 Å². The van der Waals surface area contributed by atoms with Crippen LogP contribution in [-0.4, -0.2) is 33.6 Å². The molecular weight excluding hydrogens is 202 g/mol. The van der Waals surface area contributed by atoms with E-state index in [1.54, 1.807) is 0 Å². The number of aliphatic hydroxyl groups is 1. The van der Waals surface area contributed by atoms with Crippen LogP contribution in [0.3, 0.4) is 0 Å². The smallest absolute Gasteiger partial charge is 0.0766 e. The van der Waals surface area contributed by atoms with Crippen LogP contribution >= 0.6 is 0 Å². The largest absolute Gasteiger partial charge is 0.389 e. The number of rotatable bonds is 7. The third kappa shape index (κ3) is 3.94. The maximum Gasteiger partial charge on any atom is 0.0766 e. The molecule has 0 aliphatic carbocycles. The Labute approximate surface area is 97.7 Å². The highest BCUT2D eigenvalue weighted by molar-refractivity contribution is 5.03. The van der Waals surface area contributed by atoms with Gasteiger partial charge in [-0.1, -0.05) is 13.8 Å². The summed E-state index contributed by atoms with van der Waals surface area (Å²) in [6, 6.07) is 0. The molecule has 0 saturated heterocycles. The lowest BCUT2D eigenvalue weighted by Gasteiger charge is -2.25. The van der Waals surface area contributed by atoms with E-state index in [1.165, 1.54) is 5.56 Å². The van der Waals surface area contributed by atoms with E-state index in [9.17, 15) is 5.11 Å². The zero-order valence-electron chi connectivity index (χ0n) is 10.5. The molecule has 92 valence electrons. The number of aryl methyl sites for hydroxylation is 1. The first-order valence-electron chi connectivity index (χ1n) is 6.00. The molecule has 2 N–H and O–H groups in total. The summed E-state index contributed by atoms with van der Waals surface area (Å²) >= 11 is 0. The van der Waals surface area contributed by atoms with Crippen molar-refractivity contribution in [3.8, 4) is 0 Å². The number of hydrogen-bond donors (Lipinski definition) is 2. The summed E-state index contributed by atoms with van der Waals surface area (Å²) < 4.78 is 1.81. The van der Waals surface area contributed by atoms with E-state index in [0.717, 1.165) is 25.8 Å². The molecule has 0 amide bonds. The van der Waals surface area contributed by atoms with Gasteiger partial charge < -0.3 is 10.4 Å². The first kappa shape index (κ1) is 13.2. The van der Waals surface area contributed by atoms with Crippen molar-refractivity contribution in [1.82, 2.24) is 15.1 Å². The summed E-state index contributed by atoms with van der Waals surface area (Å²) in [5, 5.41) is 17.5. The lowest BCUT2D eigenvalue weighted by molar-refractivity contribution is 0.0328. The van der Waals surface area contributed by atoms with Crippen LogP contribution in [0, 0.1) is 0 Å². The number of aromatic nitrogens is 2. The Morgan fingerprint density at radius 1 is 1.44 bits per heavy atom. The van der Waals surface area contributed by atoms with Gasteiger partial charge in [0, 0.05) is 19.8 Å². The van der Waals surface area contributed by atoms with Crippen molar-refractivity contribution in [2.24, 2.45) is 7.05 Å². The van der Waals surface area contributed by atoms with Crippen LogP contribution in [0.15, 0.2) is 12.4 Å². The quantitative estimate of drug-likeness (QED) is 0.683. The number of hydrogen-bond acceptors (Lipinski definition) is 3. The highest BCUT2D eigenvalue weighted by Gasteiger charge is 2.20. The van der Waals surface area contributed by atoms with Gasteiger partial charge in [-0.3, -0.25) is 4.68 Å². The van der Waals surface area contributed by atoms with Gasteiger partial charge in [-0.25, -0.2) is 0 Å². The Morgan fingerprint density at radius 2 is 2.12 bits per heavy atom. The standard InChI is InChI=1S/C12H23N3O/c1-4-12(16,5-2)10-13-7-6-11-8-14-15(3)9-11/h8-9,13,16H,4-7,10H2,1-3H3. The van der Waals surface area contributed by atoms with Crippen molar-refractivity contribution in [1.29, 1.82) is 0 Å². The molecule has 1 heterocycles. The van der Waals surface area contributed by atoms with Gasteiger partial charge in [0.2, 0.25) is 0 Å². The topological polar surface area (TPSA) is 50.1 Å². The van der Waals surface area contributed by atoms with Gasteiger partial charge in [0.15, 0.2) is 0 Å². The molecule has 0 aliphatic heterocycles. The summed E-state index contributed by atoms with van der Waals surface area (Å²) in [5.41, 5.74) is 0.682. The maximum absolute atomic E-state index is 10.1. The van der Waals surface area contributed by atoms with Crippen molar-refractivity contribution in [2.45, 2.75) is 38.7 Å². The molecule has 0 radical (unpaired) electrons. The molecule has 4 heteroatoms. The van der Waals surface area contributed by atoms with Gasteiger partial charge in [0.05, 0.1) is 11.8 Å². The fourth-order valence-corrected chi connectivity index (χ4v) is 1.65.